The van der Waals surface area contributed by atoms with Crippen LogP contribution in [0.15, 0.2) is 36.7 Å². The third-order valence-electron chi connectivity index (χ3n) is 1.97. The van der Waals surface area contributed by atoms with Crippen LogP contribution in [-0.2, 0) is 0 Å². The minimum absolute atomic E-state index is 0.380. The van der Waals surface area contributed by atoms with Crippen molar-refractivity contribution in [2.45, 2.75) is 0 Å². The summed E-state index contributed by atoms with van der Waals surface area (Å²) in [7, 11) is 0. The number of rotatable bonds is 2. The van der Waals surface area contributed by atoms with Crippen LogP contribution in [-0.4, -0.2) is 9.97 Å². The summed E-state index contributed by atoms with van der Waals surface area (Å²) in [6.07, 6.45) is 3.34. The molecule has 1 aromatic carbocycles. The number of hydrogen-bond donors (Lipinski definition) is 2. The number of hydrazine groups is 1. The number of halogens is 1. The maximum absolute atomic E-state index is 6.04. The van der Waals surface area contributed by atoms with Crippen LogP contribution in [0, 0.1) is 0 Å². The van der Waals surface area contributed by atoms with Crippen molar-refractivity contribution >= 4 is 17.5 Å². The average molecular weight is 221 g/mol. The molecular weight excluding hydrogens is 212 g/mol. The molecule has 1 aromatic heterocycles. The van der Waals surface area contributed by atoms with Gasteiger partial charge >= 0.3 is 0 Å². The summed E-state index contributed by atoms with van der Waals surface area (Å²) in [6.45, 7) is 0. The number of nitrogen functional groups attached to an aromatic ring is 1. The van der Waals surface area contributed by atoms with E-state index in [0.717, 1.165) is 11.1 Å². The van der Waals surface area contributed by atoms with Crippen molar-refractivity contribution in [3.8, 4) is 11.1 Å². The Balaban J connectivity index is 2.42. The molecule has 0 saturated carbocycles. The normalized spacial score (nSPS) is 10.0. The largest absolute Gasteiger partial charge is 0.292 e. The average Bonchev–Trinajstić information content (AvgIpc) is 2.30. The highest BCUT2D eigenvalue weighted by Crippen LogP contribution is 2.26. The van der Waals surface area contributed by atoms with Gasteiger partial charge in [-0.15, -0.1) is 0 Å². The lowest BCUT2D eigenvalue weighted by molar-refractivity contribution is 1.12. The third kappa shape index (κ3) is 2.06. The molecule has 1 heterocycles. The van der Waals surface area contributed by atoms with E-state index in [1.807, 2.05) is 24.3 Å². The summed E-state index contributed by atoms with van der Waals surface area (Å²) in [5, 5.41) is 0.676. The topological polar surface area (TPSA) is 63.8 Å². The first-order valence-corrected chi connectivity index (χ1v) is 4.72. The summed E-state index contributed by atoms with van der Waals surface area (Å²) >= 11 is 6.04. The lowest BCUT2D eigenvalue weighted by atomic mass is 10.1. The van der Waals surface area contributed by atoms with E-state index in [0.29, 0.717) is 11.0 Å². The summed E-state index contributed by atoms with van der Waals surface area (Å²) in [5.41, 5.74) is 4.13. The van der Waals surface area contributed by atoms with Crippen LogP contribution in [0.4, 0.5) is 5.95 Å². The highest BCUT2D eigenvalue weighted by molar-refractivity contribution is 6.33. The minimum atomic E-state index is 0.380. The van der Waals surface area contributed by atoms with Crippen molar-refractivity contribution < 1.29 is 0 Å². The van der Waals surface area contributed by atoms with Crippen LogP contribution in [0.3, 0.4) is 0 Å². The van der Waals surface area contributed by atoms with Gasteiger partial charge in [0.05, 0.1) is 0 Å². The van der Waals surface area contributed by atoms with E-state index in [4.69, 9.17) is 17.4 Å². The maximum Gasteiger partial charge on any atom is 0.237 e. The van der Waals surface area contributed by atoms with Crippen molar-refractivity contribution in [1.82, 2.24) is 9.97 Å². The van der Waals surface area contributed by atoms with Crippen LogP contribution in [0.1, 0.15) is 0 Å². The molecule has 0 fully saturated rings. The highest BCUT2D eigenvalue weighted by Gasteiger charge is 2.03. The molecule has 76 valence electrons. The molecule has 0 unspecified atom stereocenters. The van der Waals surface area contributed by atoms with Gasteiger partial charge in [-0.25, -0.2) is 15.8 Å². The van der Waals surface area contributed by atoms with Crippen molar-refractivity contribution in [1.29, 1.82) is 0 Å². The van der Waals surface area contributed by atoms with Crippen LogP contribution in [0.5, 0.6) is 0 Å². The van der Waals surface area contributed by atoms with Crippen molar-refractivity contribution in [3.05, 3.63) is 41.7 Å². The predicted octanol–water partition coefficient (Wildman–Crippen LogP) is 2.08. The number of nitrogens with two attached hydrogens (primary N) is 1. The van der Waals surface area contributed by atoms with Gasteiger partial charge < -0.3 is 0 Å². The van der Waals surface area contributed by atoms with E-state index < -0.39 is 0 Å². The molecule has 0 radical (unpaired) electrons. The van der Waals surface area contributed by atoms with E-state index in [-0.39, 0.29) is 0 Å². The molecule has 0 aliphatic heterocycles. The summed E-state index contributed by atoms with van der Waals surface area (Å²) in [5.74, 6) is 5.55. The van der Waals surface area contributed by atoms with Gasteiger partial charge in [0.1, 0.15) is 0 Å². The lowest BCUT2D eigenvalue weighted by Gasteiger charge is -2.03. The number of nitrogens with one attached hydrogen (secondary N) is 1. The lowest BCUT2D eigenvalue weighted by Crippen LogP contribution is -2.09. The molecule has 4 nitrogen and oxygen atoms in total. The standard InChI is InChI=1S/C10H9ClN4/c11-9-4-2-1-3-8(9)7-5-13-10(15-12)14-6-7/h1-6H,12H2,(H,13,14,15). The van der Waals surface area contributed by atoms with E-state index in [1.54, 1.807) is 12.4 Å². The first kappa shape index (κ1) is 9.89. The van der Waals surface area contributed by atoms with Gasteiger partial charge in [0, 0.05) is 28.5 Å². The molecule has 2 aromatic rings. The Bertz CT molecular complexity index is 455. The number of hydrogen-bond acceptors (Lipinski definition) is 4. The van der Waals surface area contributed by atoms with Crippen LogP contribution < -0.4 is 11.3 Å². The number of anilines is 1. The van der Waals surface area contributed by atoms with Gasteiger partial charge in [0.25, 0.3) is 0 Å². The summed E-state index contributed by atoms with van der Waals surface area (Å²) < 4.78 is 0. The molecule has 0 bridgehead atoms. The molecule has 2 rings (SSSR count). The van der Waals surface area contributed by atoms with Gasteiger partial charge in [-0.2, -0.15) is 0 Å². The van der Waals surface area contributed by atoms with E-state index in [1.165, 1.54) is 0 Å². The van der Waals surface area contributed by atoms with Crippen molar-refractivity contribution in [3.63, 3.8) is 0 Å². The molecule has 0 atom stereocenters. The van der Waals surface area contributed by atoms with Gasteiger partial charge in [0.2, 0.25) is 5.95 Å². The Morgan fingerprint density at radius 1 is 1.13 bits per heavy atom. The zero-order valence-corrected chi connectivity index (χ0v) is 8.57. The Hall–Kier alpha value is -1.65. The Labute approximate surface area is 92.1 Å². The minimum Gasteiger partial charge on any atom is -0.292 e. The molecule has 0 aliphatic carbocycles. The SMILES string of the molecule is NNc1ncc(-c2ccccc2Cl)cn1. The predicted molar refractivity (Wildman–Crippen MR) is 60.3 cm³/mol. The fourth-order valence-corrected chi connectivity index (χ4v) is 1.48. The maximum atomic E-state index is 6.04. The molecule has 5 heteroatoms. The van der Waals surface area contributed by atoms with Crippen LogP contribution >= 0.6 is 11.6 Å². The second-order valence-corrected chi connectivity index (χ2v) is 3.33. The van der Waals surface area contributed by atoms with Crippen molar-refractivity contribution in [2.75, 3.05) is 5.43 Å². The molecule has 0 spiro atoms. The fraction of sp³-hybridized carbons (Fsp3) is 0. The molecule has 0 amide bonds. The second kappa shape index (κ2) is 4.25. The summed E-state index contributed by atoms with van der Waals surface area (Å²) in [4.78, 5) is 8.02. The van der Waals surface area contributed by atoms with Crippen molar-refractivity contribution in [2.24, 2.45) is 5.84 Å². The molecule has 15 heavy (non-hydrogen) atoms. The molecule has 0 saturated heterocycles. The number of aromatic nitrogens is 2. The first-order valence-electron chi connectivity index (χ1n) is 4.35. The van der Waals surface area contributed by atoms with Crippen LogP contribution in [0.25, 0.3) is 11.1 Å². The molecular formula is C10H9ClN4. The quantitative estimate of drug-likeness (QED) is 0.601. The second-order valence-electron chi connectivity index (χ2n) is 2.92. The smallest absolute Gasteiger partial charge is 0.237 e. The molecule has 3 N–H and O–H groups in total. The van der Waals surface area contributed by atoms with Crippen LogP contribution in [0.2, 0.25) is 5.02 Å². The monoisotopic (exact) mass is 220 g/mol. The van der Waals surface area contributed by atoms with Gasteiger partial charge in [0.15, 0.2) is 0 Å². The fourth-order valence-electron chi connectivity index (χ4n) is 1.24. The van der Waals surface area contributed by atoms with E-state index in [2.05, 4.69) is 15.4 Å². The number of benzene rings is 1. The highest BCUT2D eigenvalue weighted by atomic mass is 35.5. The van der Waals surface area contributed by atoms with Gasteiger partial charge in [-0.3, -0.25) is 5.43 Å². The van der Waals surface area contributed by atoms with Gasteiger partial charge in [-0.05, 0) is 6.07 Å². The Morgan fingerprint density at radius 3 is 2.40 bits per heavy atom. The van der Waals surface area contributed by atoms with E-state index >= 15 is 0 Å². The Kier molecular flexibility index (Phi) is 2.80. The van der Waals surface area contributed by atoms with E-state index in [9.17, 15) is 0 Å². The number of nitrogens with zero attached hydrogens (tertiary/aromatic N) is 2. The first-order chi connectivity index (χ1) is 7.31. The third-order valence-corrected chi connectivity index (χ3v) is 2.30. The molecule has 0 aliphatic rings. The Morgan fingerprint density at radius 2 is 1.80 bits per heavy atom. The zero-order chi connectivity index (χ0) is 10.7. The summed E-state index contributed by atoms with van der Waals surface area (Å²) in [6, 6.07) is 7.53. The van der Waals surface area contributed by atoms with Gasteiger partial charge in [-0.1, -0.05) is 29.8 Å². The zero-order valence-electron chi connectivity index (χ0n) is 7.81.